The monoisotopic (exact) mass is 371 g/mol. The smallest absolute Gasteiger partial charge is 0.337 e. The summed E-state index contributed by atoms with van der Waals surface area (Å²) < 4.78 is 33.6. The Morgan fingerprint density at radius 3 is 2.38 bits per heavy atom. The molecule has 0 atom stereocenters. The maximum Gasteiger partial charge on any atom is 0.337 e. The number of nitriles is 1. The Morgan fingerprint density at radius 2 is 1.81 bits per heavy atom. The zero-order chi connectivity index (χ0) is 19.2. The van der Waals surface area contributed by atoms with E-state index in [0.29, 0.717) is 16.9 Å². The summed E-state index contributed by atoms with van der Waals surface area (Å²) in [7, 11) is -2.30. The zero-order valence-corrected chi connectivity index (χ0v) is 15.1. The molecule has 7 heteroatoms. The zero-order valence-electron chi connectivity index (χ0n) is 14.3. The normalized spacial score (nSPS) is 11.5. The van der Waals surface area contributed by atoms with Crippen LogP contribution >= 0.6 is 0 Å². The number of para-hydroxylation sites is 1. The fourth-order valence-corrected chi connectivity index (χ4v) is 2.62. The van der Waals surface area contributed by atoms with Crippen LogP contribution in [0.4, 0.5) is 0 Å². The van der Waals surface area contributed by atoms with Gasteiger partial charge in [-0.1, -0.05) is 30.3 Å². The van der Waals surface area contributed by atoms with Crippen molar-refractivity contribution in [3.05, 3.63) is 70.1 Å². The molecule has 0 aromatic heterocycles. The topological polar surface area (TPSA) is 93.5 Å². The minimum atomic E-state index is -3.61. The average Bonchev–Trinajstić information content (AvgIpc) is 2.64. The third kappa shape index (κ3) is 4.94. The highest BCUT2D eigenvalue weighted by Gasteiger charge is 2.12. The van der Waals surface area contributed by atoms with Gasteiger partial charge in [0.2, 0.25) is 0 Å². The molecule has 0 aliphatic heterocycles. The molecule has 0 aliphatic rings. The van der Waals surface area contributed by atoms with Crippen molar-refractivity contribution in [1.29, 1.82) is 5.26 Å². The largest absolute Gasteiger partial charge is 0.488 e. The highest BCUT2D eigenvalue weighted by molar-refractivity contribution is 7.95. The van der Waals surface area contributed by atoms with Crippen LogP contribution < -0.4 is 4.74 Å². The lowest BCUT2D eigenvalue weighted by Gasteiger charge is -2.10. The fourth-order valence-electron chi connectivity index (χ4n) is 2.11. The van der Waals surface area contributed by atoms with E-state index in [1.165, 1.54) is 13.2 Å². The molecule has 26 heavy (non-hydrogen) atoms. The van der Waals surface area contributed by atoms with Crippen LogP contribution in [0.5, 0.6) is 5.75 Å². The predicted molar refractivity (Wildman–Crippen MR) is 97.0 cm³/mol. The number of rotatable bonds is 6. The van der Waals surface area contributed by atoms with Crippen molar-refractivity contribution in [3.8, 4) is 11.8 Å². The van der Waals surface area contributed by atoms with E-state index >= 15 is 0 Å². The third-order valence-electron chi connectivity index (χ3n) is 3.48. The van der Waals surface area contributed by atoms with Crippen molar-refractivity contribution < 1.29 is 22.7 Å². The van der Waals surface area contributed by atoms with E-state index in [9.17, 15) is 13.2 Å². The molecule has 2 rings (SSSR count). The number of sulfone groups is 1. The lowest BCUT2D eigenvalue weighted by Crippen LogP contribution is -2.02. The van der Waals surface area contributed by atoms with E-state index in [4.69, 9.17) is 10.00 Å². The number of nitrogens with zero attached hydrogens (tertiary/aromatic N) is 1. The first kappa shape index (κ1) is 19.2. The molecule has 0 spiro atoms. The molecule has 0 unspecified atom stereocenters. The predicted octanol–water partition coefficient (Wildman–Crippen LogP) is 2.96. The molecule has 0 aliphatic carbocycles. The highest BCUT2D eigenvalue weighted by Crippen LogP contribution is 2.23. The van der Waals surface area contributed by atoms with E-state index in [1.54, 1.807) is 54.6 Å². The molecule has 6 nitrogen and oxygen atoms in total. The summed E-state index contributed by atoms with van der Waals surface area (Å²) in [4.78, 5) is 11.1. The molecule has 0 saturated heterocycles. The second kappa shape index (κ2) is 8.32. The summed E-state index contributed by atoms with van der Waals surface area (Å²) >= 11 is 0. The quantitative estimate of drug-likeness (QED) is 0.572. The molecule has 134 valence electrons. The van der Waals surface area contributed by atoms with E-state index in [-0.39, 0.29) is 11.5 Å². The Hall–Kier alpha value is -3.11. The number of esters is 1. The molecule has 2 aromatic carbocycles. The Bertz CT molecular complexity index is 970. The van der Waals surface area contributed by atoms with Crippen molar-refractivity contribution in [2.75, 3.05) is 13.4 Å². The minimum Gasteiger partial charge on any atom is -0.488 e. The summed E-state index contributed by atoms with van der Waals surface area (Å²) in [5.74, 6) is 0.0266. The molecule has 2 aromatic rings. The van der Waals surface area contributed by atoms with Gasteiger partial charge in [0, 0.05) is 11.8 Å². The average molecular weight is 371 g/mol. The second-order valence-corrected chi connectivity index (χ2v) is 7.39. The van der Waals surface area contributed by atoms with E-state index in [0.717, 1.165) is 11.8 Å². The van der Waals surface area contributed by atoms with Crippen LogP contribution in [0, 0.1) is 11.3 Å². The van der Waals surface area contributed by atoms with Gasteiger partial charge in [-0.15, -0.1) is 0 Å². The maximum atomic E-state index is 11.6. The summed E-state index contributed by atoms with van der Waals surface area (Å²) in [6.45, 7) is 0.215. The lowest BCUT2D eigenvalue weighted by molar-refractivity contribution is 0.0600. The van der Waals surface area contributed by atoms with Crippen molar-refractivity contribution in [2.45, 2.75) is 6.61 Å². The first-order valence-corrected chi connectivity index (χ1v) is 9.45. The van der Waals surface area contributed by atoms with Crippen LogP contribution in [0.1, 0.15) is 21.5 Å². The summed E-state index contributed by atoms with van der Waals surface area (Å²) in [6, 6.07) is 15.3. The molecular weight excluding hydrogens is 354 g/mol. The first-order chi connectivity index (χ1) is 12.3. The van der Waals surface area contributed by atoms with Crippen LogP contribution in [0.3, 0.4) is 0 Å². The van der Waals surface area contributed by atoms with Gasteiger partial charge < -0.3 is 9.47 Å². The van der Waals surface area contributed by atoms with Crippen LogP contribution in [-0.4, -0.2) is 27.8 Å². The summed E-state index contributed by atoms with van der Waals surface area (Å²) in [6.07, 6.45) is 2.26. The van der Waals surface area contributed by atoms with Gasteiger partial charge in [0.1, 0.15) is 23.3 Å². The number of carbonyl (C=O) groups excluding carboxylic acids is 1. The second-order valence-electron chi connectivity index (χ2n) is 5.41. The van der Waals surface area contributed by atoms with Crippen molar-refractivity contribution in [2.24, 2.45) is 0 Å². The van der Waals surface area contributed by atoms with Crippen molar-refractivity contribution in [1.82, 2.24) is 0 Å². The van der Waals surface area contributed by atoms with Gasteiger partial charge in [0.25, 0.3) is 0 Å². The van der Waals surface area contributed by atoms with Crippen molar-refractivity contribution in [3.63, 3.8) is 0 Å². The van der Waals surface area contributed by atoms with Gasteiger partial charge in [-0.2, -0.15) is 5.26 Å². The van der Waals surface area contributed by atoms with E-state index in [1.807, 2.05) is 0 Å². The molecule has 0 bridgehead atoms. The number of hydrogen-bond acceptors (Lipinski definition) is 6. The van der Waals surface area contributed by atoms with E-state index in [2.05, 4.69) is 4.74 Å². The number of allylic oxidation sites excluding steroid dienone is 1. The van der Waals surface area contributed by atoms with Gasteiger partial charge in [-0.05, 0) is 29.8 Å². The van der Waals surface area contributed by atoms with Gasteiger partial charge in [0.05, 0.1) is 12.7 Å². The number of hydrogen-bond donors (Lipinski definition) is 0. The van der Waals surface area contributed by atoms with Crippen LogP contribution in [-0.2, 0) is 21.2 Å². The van der Waals surface area contributed by atoms with Gasteiger partial charge in [0.15, 0.2) is 9.84 Å². The molecule has 0 saturated carbocycles. The Balaban J connectivity index is 2.20. The molecule has 0 radical (unpaired) electrons. The Morgan fingerprint density at radius 1 is 1.15 bits per heavy atom. The van der Waals surface area contributed by atoms with Crippen LogP contribution in [0.25, 0.3) is 6.08 Å². The lowest BCUT2D eigenvalue weighted by atomic mass is 10.1. The number of carbonyl (C=O) groups is 1. The minimum absolute atomic E-state index is 0.215. The molecule has 0 fully saturated rings. The molecule has 0 N–H and O–H groups in total. The Labute approximate surface area is 152 Å². The Kier molecular flexibility index (Phi) is 6.15. The number of ether oxygens (including phenoxy) is 2. The molecular formula is C19H17NO5S. The summed E-state index contributed by atoms with van der Waals surface area (Å²) in [5, 5.41) is 9.04. The number of benzene rings is 2. The fraction of sp³-hybridized carbons (Fsp3) is 0.158. The van der Waals surface area contributed by atoms with Crippen LogP contribution in [0.2, 0.25) is 0 Å². The highest BCUT2D eigenvalue weighted by atomic mass is 32.2. The van der Waals surface area contributed by atoms with Gasteiger partial charge in [-0.25, -0.2) is 13.2 Å². The SMILES string of the molecule is COC(=O)c1ccc(COc2ccccc2/C=C(\C#N)S(C)(=O)=O)cc1. The van der Waals surface area contributed by atoms with E-state index < -0.39 is 15.8 Å². The van der Waals surface area contributed by atoms with Gasteiger partial charge >= 0.3 is 5.97 Å². The summed E-state index contributed by atoms with van der Waals surface area (Å²) in [5.41, 5.74) is 1.74. The van der Waals surface area contributed by atoms with Crippen molar-refractivity contribution >= 4 is 21.9 Å². The van der Waals surface area contributed by atoms with Crippen LogP contribution in [0.15, 0.2) is 53.4 Å². The first-order valence-electron chi connectivity index (χ1n) is 7.56. The molecule has 0 heterocycles. The number of methoxy groups -OCH3 is 1. The van der Waals surface area contributed by atoms with Gasteiger partial charge in [-0.3, -0.25) is 0 Å². The third-order valence-corrected chi connectivity index (χ3v) is 4.49. The standard InChI is InChI=1S/C19H17NO5S/c1-24-19(21)15-9-7-14(8-10-15)13-25-18-6-4-3-5-16(18)11-17(12-20)26(2,22)23/h3-11H,13H2,1-2H3/b17-11+. The maximum absolute atomic E-state index is 11.6. The molecule has 0 amide bonds.